The van der Waals surface area contributed by atoms with E-state index in [0.29, 0.717) is 10.6 Å². The fraction of sp³-hybridized carbons (Fsp3) is 0.0714. The van der Waals surface area contributed by atoms with Gasteiger partial charge in [0.25, 0.3) is 0 Å². The lowest BCUT2D eigenvalue weighted by atomic mass is 10.0. The molecule has 0 atom stereocenters. The highest BCUT2D eigenvalue weighted by molar-refractivity contribution is 6.30. The minimum atomic E-state index is -0.311. The molecule has 17 heavy (non-hydrogen) atoms. The van der Waals surface area contributed by atoms with Gasteiger partial charge in [0.2, 0.25) is 0 Å². The highest BCUT2D eigenvalue weighted by atomic mass is 35.5. The molecule has 0 radical (unpaired) electrons. The second-order valence-electron chi connectivity index (χ2n) is 3.66. The number of nitrogens with zero attached hydrogens (tertiary/aromatic N) is 1. The van der Waals surface area contributed by atoms with Crippen LogP contribution in [0.3, 0.4) is 0 Å². The van der Waals surface area contributed by atoms with Gasteiger partial charge in [-0.1, -0.05) is 29.8 Å². The van der Waals surface area contributed by atoms with Crippen LogP contribution in [0.15, 0.2) is 42.5 Å². The van der Waals surface area contributed by atoms with E-state index in [-0.39, 0.29) is 12.2 Å². The Hall–Kier alpha value is -1.85. The Labute approximate surface area is 104 Å². The molecule has 0 unspecified atom stereocenters. The van der Waals surface area contributed by atoms with Crippen LogP contribution in [0.5, 0.6) is 0 Å². The van der Waals surface area contributed by atoms with Crippen LogP contribution in [-0.4, -0.2) is 0 Å². The Kier molecular flexibility index (Phi) is 3.41. The maximum atomic E-state index is 13.7. The van der Waals surface area contributed by atoms with Gasteiger partial charge in [-0.05, 0) is 35.4 Å². The van der Waals surface area contributed by atoms with Crippen molar-refractivity contribution in [1.82, 2.24) is 0 Å². The van der Waals surface area contributed by atoms with Gasteiger partial charge in [-0.25, -0.2) is 4.39 Å². The van der Waals surface area contributed by atoms with Crippen molar-refractivity contribution in [3.05, 3.63) is 58.9 Å². The Morgan fingerprint density at radius 2 is 2.00 bits per heavy atom. The summed E-state index contributed by atoms with van der Waals surface area (Å²) in [6, 6.07) is 13.7. The Balaban J connectivity index is 2.51. The van der Waals surface area contributed by atoms with Crippen LogP contribution in [0.1, 0.15) is 5.56 Å². The number of hydrogen-bond donors (Lipinski definition) is 0. The van der Waals surface area contributed by atoms with Crippen molar-refractivity contribution in [2.75, 3.05) is 0 Å². The average Bonchev–Trinajstić information content (AvgIpc) is 2.32. The molecular weight excluding hydrogens is 237 g/mol. The van der Waals surface area contributed by atoms with Crippen molar-refractivity contribution in [2.45, 2.75) is 6.42 Å². The van der Waals surface area contributed by atoms with Crippen LogP contribution >= 0.6 is 11.6 Å². The van der Waals surface area contributed by atoms with Crippen LogP contribution in [0.25, 0.3) is 11.1 Å². The summed E-state index contributed by atoms with van der Waals surface area (Å²) in [7, 11) is 0. The number of benzene rings is 2. The lowest BCUT2D eigenvalue weighted by molar-refractivity contribution is 0.631. The predicted molar refractivity (Wildman–Crippen MR) is 66.2 cm³/mol. The van der Waals surface area contributed by atoms with Gasteiger partial charge in [0, 0.05) is 10.6 Å². The van der Waals surface area contributed by atoms with Gasteiger partial charge in [-0.2, -0.15) is 5.26 Å². The molecule has 0 fully saturated rings. The number of halogens is 2. The van der Waals surface area contributed by atoms with Crippen molar-refractivity contribution in [3.8, 4) is 17.2 Å². The summed E-state index contributed by atoms with van der Waals surface area (Å²) in [6.07, 6.45) is 0.272. The summed E-state index contributed by atoms with van der Waals surface area (Å²) in [5.74, 6) is -0.311. The van der Waals surface area contributed by atoms with Crippen molar-refractivity contribution in [3.63, 3.8) is 0 Å². The van der Waals surface area contributed by atoms with Gasteiger partial charge < -0.3 is 0 Å². The molecule has 0 aliphatic rings. The minimum absolute atomic E-state index is 0.272. The van der Waals surface area contributed by atoms with E-state index in [0.717, 1.165) is 11.1 Å². The Morgan fingerprint density at radius 3 is 2.71 bits per heavy atom. The van der Waals surface area contributed by atoms with E-state index in [1.54, 1.807) is 36.4 Å². The fourth-order valence-electron chi connectivity index (χ4n) is 1.65. The molecule has 0 saturated heterocycles. The zero-order valence-electron chi connectivity index (χ0n) is 8.95. The molecule has 0 aliphatic heterocycles. The third-order valence-electron chi connectivity index (χ3n) is 2.45. The Bertz CT molecular complexity index is 587. The van der Waals surface area contributed by atoms with Crippen molar-refractivity contribution >= 4 is 11.6 Å². The third kappa shape index (κ3) is 2.64. The molecule has 0 aliphatic carbocycles. The van der Waals surface area contributed by atoms with E-state index in [1.165, 1.54) is 6.07 Å². The van der Waals surface area contributed by atoms with E-state index in [2.05, 4.69) is 0 Å². The van der Waals surface area contributed by atoms with Gasteiger partial charge in [0.1, 0.15) is 5.82 Å². The average molecular weight is 246 g/mol. The van der Waals surface area contributed by atoms with Gasteiger partial charge >= 0.3 is 0 Å². The van der Waals surface area contributed by atoms with E-state index in [4.69, 9.17) is 16.9 Å². The summed E-state index contributed by atoms with van der Waals surface area (Å²) >= 11 is 5.87. The number of hydrogen-bond acceptors (Lipinski definition) is 1. The standard InChI is InChI=1S/C14H9ClFN/c15-12-3-1-2-11(9-12)13-8-10(6-7-17)4-5-14(13)16/h1-5,8-9H,6H2. The van der Waals surface area contributed by atoms with Crippen LogP contribution in [-0.2, 0) is 6.42 Å². The van der Waals surface area contributed by atoms with Crippen molar-refractivity contribution < 1.29 is 4.39 Å². The molecule has 0 saturated carbocycles. The maximum Gasteiger partial charge on any atom is 0.131 e. The molecule has 1 nitrogen and oxygen atoms in total. The summed E-state index contributed by atoms with van der Waals surface area (Å²) in [5.41, 5.74) is 1.99. The summed E-state index contributed by atoms with van der Waals surface area (Å²) < 4.78 is 13.7. The minimum Gasteiger partial charge on any atom is -0.206 e. The third-order valence-corrected chi connectivity index (χ3v) is 2.68. The van der Waals surface area contributed by atoms with E-state index in [9.17, 15) is 4.39 Å². The van der Waals surface area contributed by atoms with Crippen molar-refractivity contribution in [2.24, 2.45) is 0 Å². The van der Waals surface area contributed by atoms with Crippen LogP contribution in [0, 0.1) is 17.1 Å². The molecule has 0 aromatic heterocycles. The molecule has 84 valence electrons. The van der Waals surface area contributed by atoms with E-state index >= 15 is 0 Å². The zero-order valence-corrected chi connectivity index (χ0v) is 9.71. The van der Waals surface area contributed by atoms with Gasteiger partial charge in [-0.15, -0.1) is 0 Å². The highest BCUT2D eigenvalue weighted by Gasteiger charge is 2.06. The van der Waals surface area contributed by atoms with Crippen LogP contribution < -0.4 is 0 Å². The normalized spacial score (nSPS) is 9.94. The molecule has 0 heterocycles. The van der Waals surface area contributed by atoms with Crippen LogP contribution in [0.2, 0.25) is 5.02 Å². The van der Waals surface area contributed by atoms with Crippen molar-refractivity contribution in [1.29, 1.82) is 5.26 Å². The maximum absolute atomic E-state index is 13.7. The van der Waals surface area contributed by atoms with E-state index in [1.807, 2.05) is 6.07 Å². The Morgan fingerprint density at radius 1 is 1.18 bits per heavy atom. The monoisotopic (exact) mass is 245 g/mol. The molecule has 2 aromatic carbocycles. The largest absolute Gasteiger partial charge is 0.206 e. The van der Waals surface area contributed by atoms with E-state index < -0.39 is 0 Å². The predicted octanol–water partition coefficient (Wildman–Crippen LogP) is 4.21. The molecule has 0 spiro atoms. The summed E-state index contributed by atoms with van der Waals surface area (Å²) in [4.78, 5) is 0. The fourth-order valence-corrected chi connectivity index (χ4v) is 1.84. The molecule has 0 amide bonds. The second kappa shape index (κ2) is 4.99. The SMILES string of the molecule is N#CCc1ccc(F)c(-c2cccc(Cl)c2)c1. The number of nitriles is 1. The number of rotatable bonds is 2. The molecule has 0 N–H and O–H groups in total. The topological polar surface area (TPSA) is 23.8 Å². The molecule has 0 bridgehead atoms. The first-order valence-corrected chi connectivity index (χ1v) is 5.50. The zero-order chi connectivity index (χ0) is 12.3. The summed E-state index contributed by atoms with van der Waals surface area (Å²) in [5, 5.41) is 9.19. The molecule has 3 heteroatoms. The van der Waals surface area contributed by atoms with Gasteiger partial charge in [-0.3, -0.25) is 0 Å². The lowest BCUT2D eigenvalue weighted by Gasteiger charge is -2.05. The quantitative estimate of drug-likeness (QED) is 0.777. The lowest BCUT2D eigenvalue weighted by Crippen LogP contribution is -1.88. The first kappa shape index (κ1) is 11.6. The molecule has 2 rings (SSSR count). The van der Waals surface area contributed by atoms with Crippen LogP contribution in [0.4, 0.5) is 4.39 Å². The smallest absolute Gasteiger partial charge is 0.131 e. The first-order chi connectivity index (χ1) is 8.20. The second-order valence-corrected chi connectivity index (χ2v) is 4.10. The molecular formula is C14H9ClFN. The first-order valence-electron chi connectivity index (χ1n) is 5.12. The molecule has 2 aromatic rings. The van der Waals surface area contributed by atoms with Gasteiger partial charge in [0.15, 0.2) is 0 Å². The highest BCUT2D eigenvalue weighted by Crippen LogP contribution is 2.26. The van der Waals surface area contributed by atoms with Gasteiger partial charge in [0.05, 0.1) is 12.5 Å². The summed E-state index contributed by atoms with van der Waals surface area (Å²) in [6.45, 7) is 0.